The highest BCUT2D eigenvalue weighted by Crippen LogP contribution is 2.06. The molecule has 0 unspecified atom stereocenters. The Morgan fingerprint density at radius 1 is 0.852 bits per heavy atom. The van der Waals surface area contributed by atoms with Gasteiger partial charge in [0.2, 0.25) is 0 Å². The van der Waals surface area contributed by atoms with Gasteiger partial charge in [-0.15, -0.1) is 0 Å². The molecule has 6 nitrogen and oxygen atoms in total. The lowest BCUT2D eigenvalue weighted by molar-refractivity contribution is -0.142. The Kier molecular flexibility index (Phi) is 5.47. The Bertz CT molecular complexity index is 1170. The van der Waals surface area contributed by atoms with E-state index in [4.69, 9.17) is 4.74 Å². The van der Waals surface area contributed by atoms with Crippen molar-refractivity contribution >= 4 is 18.1 Å². The van der Waals surface area contributed by atoms with E-state index >= 15 is 0 Å². The van der Waals surface area contributed by atoms with Crippen molar-refractivity contribution < 1.29 is 9.53 Å². The van der Waals surface area contributed by atoms with E-state index in [1.165, 1.54) is 6.92 Å². The third-order valence-corrected chi connectivity index (χ3v) is 3.83. The Morgan fingerprint density at radius 2 is 1.37 bits per heavy atom. The highest BCUT2D eigenvalue weighted by Gasteiger charge is 1.99. The molecule has 0 spiro atoms. The van der Waals surface area contributed by atoms with Crippen molar-refractivity contribution in [3.63, 3.8) is 0 Å². The van der Waals surface area contributed by atoms with Crippen LogP contribution in [-0.2, 0) is 16.1 Å². The van der Waals surface area contributed by atoms with Crippen molar-refractivity contribution in [2.24, 2.45) is 0 Å². The average Bonchev–Trinajstić information content (AvgIpc) is 2.66. The van der Waals surface area contributed by atoms with Gasteiger partial charge >= 0.3 is 5.97 Å². The van der Waals surface area contributed by atoms with Crippen LogP contribution in [0.3, 0.4) is 0 Å². The Labute approximate surface area is 154 Å². The number of hydrogen-bond donors (Lipinski definition) is 2. The predicted octanol–water partition coefficient (Wildman–Crippen LogP) is 0.784. The molecule has 0 saturated carbocycles. The summed E-state index contributed by atoms with van der Waals surface area (Å²) >= 11 is 0. The molecule has 27 heavy (non-hydrogen) atoms. The van der Waals surface area contributed by atoms with Crippen LogP contribution in [0.5, 0.6) is 0 Å². The van der Waals surface area contributed by atoms with Crippen LogP contribution < -0.4 is 21.8 Å². The molecule has 0 amide bonds. The molecule has 0 bridgehead atoms. The molecule has 0 atom stereocenters. The monoisotopic (exact) mass is 362 g/mol. The number of aromatic amines is 2. The minimum Gasteiger partial charge on any atom is -0.461 e. The SMILES string of the molecule is CC(=O)OCc1ccc(/C=c2\[nH]c(=O)/c(=C/c3ccccc3)[nH]c2=O)cc1. The molecule has 0 fully saturated rings. The number of benzene rings is 2. The number of H-pyrrole nitrogens is 2. The Balaban J connectivity index is 1.92. The Morgan fingerprint density at radius 3 is 1.89 bits per heavy atom. The maximum Gasteiger partial charge on any atom is 0.302 e. The van der Waals surface area contributed by atoms with E-state index in [1.54, 1.807) is 36.4 Å². The van der Waals surface area contributed by atoms with Gasteiger partial charge in [0.25, 0.3) is 11.1 Å². The summed E-state index contributed by atoms with van der Waals surface area (Å²) in [4.78, 5) is 40.6. The quantitative estimate of drug-likeness (QED) is 0.671. The fraction of sp³-hybridized carbons (Fsp3) is 0.0952. The van der Waals surface area contributed by atoms with Crippen molar-refractivity contribution in [2.45, 2.75) is 13.5 Å². The number of nitrogens with one attached hydrogen (secondary N) is 2. The van der Waals surface area contributed by atoms with Crippen LogP contribution >= 0.6 is 0 Å². The highest BCUT2D eigenvalue weighted by molar-refractivity contribution is 5.65. The summed E-state index contributed by atoms with van der Waals surface area (Å²) in [5, 5.41) is 0.359. The zero-order valence-corrected chi connectivity index (χ0v) is 14.7. The van der Waals surface area contributed by atoms with Crippen LogP contribution in [-0.4, -0.2) is 15.9 Å². The average molecular weight is 362 g/mol. The second-order valence-corrected chi connectivity index (χ2v) is 5.96. The third kappa shape index (κ3) is 4.92. The molecule has 6 heteroatoms. The van der Waals surface area contributed by atoms with Crippen molar-refractivity contribution in [1.29, 1.82) is 0 Å². The first kappa shape index (κ1) is 18.1. The van der Waals surface area contributed by atoms with E-state index in [9.17, 15) is 14.4 Å². The normalized spacial score (nSPS) is 12.2. The van der Waals surface area contributed by atoms with E-state index in [1.807, 2.05) is 30.3 Å². The second-order valence-electron chi connectivity index (χ2n) is 5.96. The summed E-state index contributed by atoms with van der Waals surface area (Å²) in [6, 6.07) is 16.4. The highest BCUT2D eigenvalue weighted by atomic mass is 16.5. The largest absolute Gasteiger partial charge is 0.461 e. The minimum atomic E-state index is -0.388. The van der Waals surface area contributed by atoms with Crippen LogP contribution in [0.1, 0.15) is 23.6 Å². The standard InChI is InChI=1S/C21H18N2O4/c1-14(24)27-13-17-9-7-16(8-10-17)12-19-21(26)22-18(20(25)23-19)11-15-5-3-2-4-6-15/h2-12H,13H2,1H3,(H,22,26)(H,23,25)/b18-11-,19-12-. The van der Waals surface area contributed by atoms with Gasteiger partial charge in [0.1, 0.15) is 17.3 Å². The predicted molar refractivity (Wildman–Crippen MR) is 102 cm³/mol. The Hall–Kier alpha value is -3.67. The number of rotatable bonds is 4. The van der Waals surface area contributed by atoms with Gasteiger partial charge in [-0.05, 0) is 28.8 Å². The first-order valence-electron chi connectivity index (χ1n) is 8.35. The number of esters is 1. The number of hydrogen-bond acceptors (Lipinski definition) is 4. The molecular formula is C21H18N2O4. The number of carbonyl (C=O) groups is 1. The van der Waals surface area contributed by atoms with Crippen LogP contribution in [0.2, 0.25) is 0 Å². The summed E-state index contributed by atoms with van der Waals surface area (Å²) in [6.07, 6.45) is 3.20. The van der Waals surface area contributed by atoms with E-state index in [-0.39, 0.29) is 34.4 Å². The molecule has 3 rings (SSSR count). The summed E-state index contributed by atoms with van der Waals surface area (Å²) in [5.41, 5.74) is 1.62. The minimum absolute atomic E-state index is 0.165. The van der Waals surface area contributed by atoms with Gasteiger partial charge in [0.15, 0.2) is 0 Å². The number of ether oxygens (including phenoxy) is 1. The molecule has 0 aliphatic rings. The first-order chi connectivity index (χ1) is 13.0. The number of aromatic nitrogens is 2. The molecule has 3 aromatic rings. The molecule has 0 aliphatic heterocycles. The second kappa shape index (κ2) is 8.14. The third-order valence-electron chi connectivity index (χ3n) is 3.83. The summed E-state index contributed by atoms with van der Waals surface area (Å²) in [6.45, 7) is 1.54. The van der Waals surface area contributed by atoms with Crippen LogP contribution in [0, 0.1) is 0 Å². The van der Waals surface area contributed by atoms with Gasteiger partial charge in [-0.3, -0.25) is 14.4 Å². The smallest absolute Gasteiger partial charge is 0.302 e. The van der Waals surface area contributed by atoms with Crippen molar-refractivity contribution in [2.75, 3.05) is 0 Å². The fourth-order valence-corrected chi connectivity index (χ4v) is 2.47. The van der Waals surface area contributed by atoms with Crippen molar-refractivity contribution in [3.05, 3.63) is 103 Å². The van der Waals surface area contributed by atoms with E-state index in [0.717, 1.165) is 16.7 Å². The first-order valence-corrected chi connectivity index (χ1v) is 8.35. The molecule has 2 N–H and O–H groups in total. The van der Waals surface area contributed by atoms with Gasteiger partial charge in [-0.2, -0.15) is 0 Å². The van der Waals surface area contributed by atoms with E-state index in [0.29, 0.717) is 0 Å². The van der Waals surface area contributed by atoms with E-state index < -0.39 is 0 Å². The summed E-state index contributed by atoms with van der Waals surface area (Å²) in [5.74, 6) is -0.345. The molecule has 1 aromatic heterocycles. The maximum atomic E-state index is 12.3. The number of carbonyl (C=O) groups excluding carboxylic acids is 1. The summed E-state index contributed by atoms with van der Waals surface area (Å²) < 4.78 is 4.93. The maximum absolute atomic E-state index is 12.3. The van der Waals surface area contributed by atoms with Gasteiger partial charge in [0, 0.05) is 6.92 Å². The fourth-order valence-electron chi connectivity index (χ4n) is 2.47. The molecule has 0 aliphatic carbocycles. The zero-order chi connectivity index (χ0) is 19.2. The lowest BCUT2D eigenvalue weighted by atomic mass is 10.1. The molecule has 2 aromatic carbocycles. The molecule has 0 saturated heterocycles. The molecule has 136 valence electrons. The topological polar surface area (TPSA) is 92.0 Å². The van der Waals surface area contributed by atoms with Crippen molar-refractivity contribution in [1.82, 2.24) is 9.97 Å². The van der Waals surface area contributed by atoms with Crippen LogP contribution in [0.15, 0.2) is 64.2 Å². The lowest BCUT2D eigenvalue weighted by Crippen LogP contribution is -2.46. The van der Waals surface area contributed by atoms with Crippen LogP contribution in [0.25, 0.3) is 12.2 Å². The van der Waals surface area contributed by atoms with E-state index in [2.05, 4.69) is 9.97 Å². The van der Waals surface area contributed by atoms with Gasteiger partial charge in [-0.25, -0.2) is 0 Å². The van der Waals surface area contributed by atoms with Crippen molar-refractivity contribution in [3.8, 4) is 0 Å². The van der Waals surface area contributed by atoms with Crippen LogP contribution in [0.4, 0.5) is 0 Å². The summed E-state index contributed by atoms with van der Waals surface area (Å²) in [7, 11) is 0. The van der Waals surface area contributed by atoms with Gasteiger partial charge < -0.3 is 14.7 Å². The molecular weight excluding hydrogens is 344 g/mol. The molecule has 1 heterocycles. The van der Waals surface area contributed by atoms with Gasteiger partial charge in [0.05, 0.1) is 0 Å². The lowest BCUT2D eigenvalue weighted by Gasteiger charge is -2.02. The zero-order valence-electron chi connectivity index (χ0n) is 14.7. The van der Waals surface area contributed by atoms with Gasteiger partial charge in [-0.1, -0.05) is 54.6 Å². The molecule has 0 radical (unpaired) electrons.